The molecular formula is C15H21NO. The van der Waals surface area contributed by atoms with E-state index in [4.69, 9.17) is 10.5 Å². The molecule has 1 unspecified atom stereocenters. The molecule has 1 fully saturated rings. The van der Waals surface area contributed by atoms with E-state index < -0.39 is 0 Å². The SMILES string of the molecule is Cc1ccc2c(c1)[C@H](N)CC(C1CCCC1)O2. The highest BCUT2D eigenvalue weighted by molar-refractivity contribution is 5.40. The topological polar surface area (TPSA) is 35.2 Å². The first kappa shape index (κ1) is 11.1. The van der Waals surface area contributed by atoms with E-state index in [0.717, 1.165) is 18.1 Å². The molecule has 0 aromatic heterocycles. The molecule has 1 aliphatic carbocycles. The average Bonchev–Trinajstić information content (AvgIpc) is 2.83. The van der Waals surface area contributed by atoms with Crippen LogP contribution in [0.2, 0.25) is 0 Å². The number of benzene rings is 1. The van der Waals surface area contributed by atoms with Gasteiger partial charge in [-0.25, -0.2) is 0 Å². The van der Waals surface area contributed by atoms with Crippen LogP contribution < -0.4 is 10.5 Å². The van der Waals surface area contributed by atoms with Crippen molar-refractivity contribution in [3.05, 3.63) is 29.3 Å². The third-order valence-electron chi connectivity index (χ3n) is 4.25. The van der Waals surface area contributed by atoms with Crippen LogP contribution >= 0.6 is 0 Å². The standard InChI is InChI=1S/C15H21NO/c1-10-6-7-14-12(8-10)13(16)9-15(17-14)11-4-2-3-5-11/h6-8,11,13,15H,2-5,9,16H2,1H3/t13-,15?/m1/s1. The first-order valence-electron chi connectivity index (χ1n) is 6.77. The molecule has 1 aromatic carbocycles. The quantitative estimate of drug-likeness (QED) is 0.804. The summed E-state index contributed by atoms with van der Waals surface area (Å²) >= 11 is 0. The number of ether oxygens (including phenoxy) is 1. The number of rotatable bonds is 1. The van der Waals surface area contributed by atoms with Gasteiger partial charge in [0.2, 0.25) is 0 Å². The summed E-state index contributed by atoms with van der Waals surface area (Å²) in [6.45, 7) is 2.11. The first-order valence-corrected chi connectivity index (χ1v) is 6.77. The molecule has 17 heavy (non-hydrogen) atoms. The number of hydrogen-bond acceptors (Lipinski definition) is 2. The lowest BCUT2D eigenvalue weighted by molar-refractivity contribution is 0.102. The molecular weight excluding hydrogens is 210 g/mol. The van der Waals surface area contributed by atoms with Gasteiger partial charge in [-0.2, -0.15) is 0 Å². The zero-order valence-electron chi connectivity index (χ0n) is 10.5. The Kier molecular flexibility index (Phi) is 2.83. The fourth-order valence-electron chi connectivity index (χ4n) is 3.27. The monoisotopic (exact) mass is 231 g/mol. The molecule has 0 spiro atoms. The molecule has 1 aliphatic heterocycles. The second kappa shape index (κ2) is 4.34. The maximum absolute atomic E-state index is 6.29. The Morgan fingerprint density at radius 1 is 1.24 bits per heavy atom. The van der Waals surface area contributed by atoms with Crippen molar-refractivity contribution >= 4 is 0 Å². The Morgan fingerprint density at radius 3 is 2.76 bits per heavy atom. The van der Waals surface area contributed by atoms with Gasteiger partial charge in [0.25, 0.3) is 0 Å². The van der Waals surface area contributed by atoms with Crippen LogP contribution in [0.5, 0.6) is 5.75 Å². The number of aryl methyl sites for hydroxylation is 1. The van der Waals surface area contributed by atoms with E-state index in [1.807, 2.05) is 0 Å². The van der Waals surface area contributed by atoms with Gasteiger partial charge < -0.3 is 10.5 Å². The molecule has 0 radical (unpaired) electrons. The molecule has 0 amide bonds. The van der Waals surface area contributed by atoms with Crippen LogP contribution in [0.15, 0.2) is 18.2 Å². The average molecular weight is 231 g/mol. The lowest BCUT2D eigenvalue weighted by Crippen LogP contribution is -2.34. The molecule has 2 aliphatic rings. The molecule has 2 nitrogen and oxygen atoms in total. The van der Waals surface area contributed by atoms with Gasteiger partial charge in [0, 0.05) is 18.0 Å². The minimum absolute atomic E-state index is 0.157. The van der Waals surface area contributed by atoms with Crippen molar-refractivity contribution < 1.29 is 4.74 Å². The predicted molar refractivity (Wildman–Crippen MR) is 69.1 cm³/mol. The zero-order chi connectivity index (χ0) is 11.8. The van der Waals surface area contributed by atoms with Gasteiger partial charge in [-0.1, -0.05) is 30.5 Å². The number of fused-ring (bicyclic) bond motifs is 1. The molecule has 1 aromatic rings. The molecule has 2 N–H and O–H groups in total. The molecule has 1 saturated carbocycles. The van der Waals surface area contributed by atoms with Crippen LogP contribution in [0.3, 0.4) is 0 Å². The summed E-state index contributed by atoms with van der Waals surface area (Å²) in [6, 6.07) is 6.53. The third-order valence-corrected chi connectivity index (χ3v) is 4.25. The summed E-state index contributed by atoms with van der Waals surface area (Å²) in [5.74, 6) is 1.75. The Hall–Kier alpha value is -1.02. The van der Waals surface area contributed by atoms with Gasteiger partial charge in [-0.15, -0.1) is 0 Å². The fraction of sp³-hybridized carbons (Fsp3) is 0.600. The van der Waals surface area contributed by atoms with Crippen molar-refractivity contribution in [2.45, 2.75) is 51.2 Å². The predicted octanol–water partition coefficient (Wildman–Crippen LogP) is 3.34. The largest absolute Gasteiger partial charge is 0.490 e. The van der Waals surface area contributed by atoms with Crippen molar-refractivity contribution in [3.63, 3.8) is 0 Å². The van der Waals surface area contributed by atoms with E-state index in [2.05, 4.69) is 25.1 Å². The Balaban J connectivity index is 1.84. The van der Waals surface area contributed by atoms with Gasteiger partial charge in [-0.05, 0) is 31.7 Å². The minimum Gasteiger partial charge on any atom is -0.490 e. The smallest absolute Gasteiger partial charge is 0.124 e. The van der Waals surface area contributed by atoms with Crippen LogP contribution in [-0.2, 0) is 0 Å². The van der Waals surface area contributed by atoms with E-state index in [1.165, 1.54) is 36.8 Å². The normalized spacial score (nSPS) is 28.8. The molecule has 0 saturated heterocycles. The van der Waals surface area contributed by atoms with E-state index in [9.17, 15) is 0 Å². The number of nitrogens with two attached hydrogens (primary N) is 1. The second-order valence-corrected chi connectivity index (χ2v) is 5.58. The Bertz CT molecular complexity index is 409. The van der Waals surface area contributed by atoms with Crippen molar-refractivity contribution in [2.24, 2.45) is 11.7 Å². The van der Waals surface area contributed by atoms with Gasteiger partial charge in [0.1, 0.15) is 11.9 Å². The van der Waals surface area contributed by atoms with E-state index >= 15 is 0 Å². The molecule has 92 valence electrons. The van der Waals surface area contributed by atoms with E-state index in [0.29, 0.717) is 6.10 Å². The molecule has 1 heterocycles. The first-order chi connectivity index (χ1) is 8.24. The lowest BCUT2D eigenvalue weighted by atomic mass is 9.89. The van der Waals surface area contributed by atoms with Crippen LogP contribution in [0.4, 0.5) is 0 Å². The van der Waals surface area contributed by atoms with Gasteiger partial charge >= 0.3 is 0 Å². The number of hydrogen-bond donors (Lipinski definition) is 1. The maximum Gasteiger partial charge on any atom is 0.124 e. The minimum atomic E-state index is 0.157. The Morgan fingerprint density at radius 2 is 2.00 bits per heavy atom. The maximum atomic E-state index is 6.29. The van der Waals surface area contributed by atoms with Crippen LogP contribution in [0.1, 0.15) is 49.3 Å². The molecule has 2 atom stereocenters. The van der Waals surface area contributed by atoms with Crippen LogP contribution in [0, 0.1) is 12.8 Å². The highest BCUT2D eigenvalue weighted by Gasteiger charge is 2.33. The summed E-state index contributed by atoms with van der Waals surface area (Å²) in [5.41, 5.74) is 8.75. The summed E-state index contributed by atoms with van der Waals surface area (Å²) in [4.78, 5) is 0. The van der Waals surface area contributed by atoms with Crippen molar-refractivity contribution in [2.75, 3.05) is 0 Å². The summed E-state index contributed by atoms with van der Waals surface area (Å²) < 4.78 is 6.16. The Labute approximate surface area is 103 Å². The summed E-state index contributed by atoms with van der Waals surface area (Å²) in [5, 5.41) is 0. The van der Waals surface area contributed by atoms with Gasteiger partial charge in [0.15, 0.2) is 0 Å². The third kappa shape index (κ3) is 2.06. The molecule has 3 rings (SSSR count). The molecule has 0 bridgehead atoms. The van der Waals surface area contributed by atoms with Gasteiger partial charge in [-0.3, -0.25) is 0 Å². The van der Waals surface area contributed by atoms with E-state index in [1.54, 1.807) is 0 Å². The summed E-state index contributed by atoms with van der Waals surface area (Å²) in [6.07, 6.45) is 6.70. The summed E-state index contributed by atoms with van der Waals surface area (Å²) in [7, 11) is 0. The van der Waals surface area contributed by atoms with Crippen LogP contribution in [0.25, 0.3) is 0 Å². The second-order valence-electron chi connectivity index (χ2n) is 5.58. The van der Waals surface area contributed by atoms with Crippen molar-refractivity contribution in [1.29, 1.82) is 0 Å². The zero-order valence-corrected chi connectivity index (χ0v) is 10.5. The fourth-order valence-corrected chi connectivity index (χ4v) is 3.27. The van der Waals surface area contributed by atoms with Crippen LogP contribution in [-0.4, -0.2) is 6.10 Å². The van der Waals surface area contributed by atoms with Crippen molar-refractivity contribution in [3.8, 4) is 5.75 Å². The molecule has 2 heteroatoms. The van der Waals surface area contributed by atoms with Crippen molar-refractivity contribution in [1.82, 2.24) is 0 Å². The highest BCUT2D eigenvalue weighted by Crippen LogP contribution is 2.40. The van der Waals surface area contributed by atoms with Gasteiger partial charge in [0.05, 0.1) is 0 Å². The highest BCUT2D eigenvalue weighted by atomic mass is 16.5. The van der Waals surface area contributed by atoms with E-state index in [-0.39, 0.29) is 6.04 Å². The lowest BCUT2D eigenvalue weighted by Gasteiger charge is -2.34.